The second-order valence-corrected chi connectivity index (χ2v) is 5.90. The number of nitrogens with zero attached hydrogens (tertiary/aromatic N) is 2. The average Bonchev–Trinajstić information content (AvgIpc) is 2.68. The molecule has 0 N–H and O–H groups in total. The van der Waals surface area contributed by atoms with Gasteiger partial charge in [-0.2, -0.15) is 0 Å². The number of aromatic nitrogens is 1. The number of hydrogen-bond donors (Lipinski definition) is 0. The van der Waals surface area contributed by atoms with Gasteiger partial charge in [-0.25, -0.2) is 0 Å². The number of rotatable bonds is 4. The van der Waals surface area contributed by atoms with Gasteiger partial charge in [-0.3, -0.25) is 14.6 Å². The van der Waals surface area contributed by atoms with Crippen LogP contribution in [0.1, 0.15) is 33.6 Å². The average molecular weight is 324 g/mol. The van der Waals surface area contributed by atoms with Crippen LogP contribution < -0.4 is 4.74 Å². The van der Waals surface area contributed by atoms with Crippen molar-refractivity contribution in [3.63, 3.8) is 0 Å². The summed E-state index contributed by atoms with van der Waals surface area (Å²) in [6.45, 7) is 1.20. The van der Waals surface area contributed by atoms with Crippen molar-refractivity contribution < 1.29 is 14.3 Å². The number of likely N-dealkylation sites (tertiary alicyclic amines) is 1. The third-order valence-corrected chi connectivity index (χ3v) is 4.44. The van der Waals surface area contributed by atoms with Gasteiger partial charge in [-0.15, -0.1) is 0 Å². The van der Waals surface area contributed by atoms with Crippen LogP contribution in [0, 0.1) is 5.92 Å². The number of ether oxygens (including phenoxy) is 1. The zero-order valence-electron chi connectivity index (χ0n) is 13.6. The lowest BCUT2D eigenvalue weighted by Crippen LogP contribution is -2.40. The molecule has 1 amide bonds. The van der Waals surface area contributed by atoms with E-state index >= 15 is 0 Å². The molecule has 1 aromatic carbocycles. The number of carbonyl (C=O) groups is 2. The molecule has 0 saturated carbocycles. The monoisotopic (exact) mass is 324 g/mol. The number of benzene rings is 1. The molecular weight excluding hydrogens is 304 g/mol. The number of carbonyl (C=O) groups excluding carboxylic acids is 2. The summed E-state index contributed by atoms with van der Waals surface area (Å²) in [7, 11) is 1.60. The minimum absolute atomic E-state index is 0.0153. The van der Waals surface area contributed by atoms with E-state index in [4.69, 9.17) is 4.74 Å². The molecule has 3 rings (SSSR count). The number of piperidine rings is 1. The number of methoxy groups -OCH3 is 1. The quantitative estimate of drug-likeness (QED) is 0.812. The van der Waals surface area contributed by atoms with Crippen LogP contribution in [0.15, 0.2) is 48.8 Å². The van der Waals surface area contributed by atoms with Gasteiger partial charge in [0.2, 0.25) is 0 Å². The smallest absolute Gasteiger partial charge is 0.255 e. The molecule has 1 aromatic heterocycles. The van der Waals surface area contributed by atoms with E-state index in [1.54, 1.807) is 60.8 Å². The topological polar surface area (TPSA) is 59.5 Å². The third kappa shape index (κ3) is 3.45. The maximum atomic E-state index is 12.6. The number of pyridine rings is 1. The molecule has 0 atom stereocenters. The van der Waals surface area contributed by atoms with Gasteiger partial charge in [0.15, 0.2) is 5.78 Å². The first kappa shape index (κ1) is 16.2. The molecule has 5 nitrogen and oxygen atoms in total. The maximum Gasteiger partial charge on any atom is 0.255 e. The minimum Gasteiger partial charge on any atom is -0.497 e. The van der Waals surface area contributed by atoms with Crippen molar-refractivity contribution >= 4 is 11.7 Å². The van der Waals surface area contributed by atoms with Crippen LogP contribution in [0.3, 0.4) is 0 Å². The summed E-state index contributed by atoms with van der Waals surface area (Å²) in [6.07, 6.45) is 4.61. The molecule has 0 spiro atoms. The van der Waals surface area contributed by atoms with E-state index in [2.05, 4.69) is 4.98 Å². The van der Waals surface area contributed by atoms with Crippen LogP contribution in [0.4, 0.5) is 0 Å². The van der Waals surface area contributed by atoms with Crippen molar-refractivity contribution in [1.82, 2.24) is 9.88 Å². The van der Waals surface area contributed by atoms with Gasteiger partial charge in [-0.05, 0) is 49.2 Å². The fourth-order valence-electron chi connectivity index (χ4n) is 3.01. The van der Waals surface area contributed by atoms with Gasteiger partial charge < -0.3 is 9.64 Å². The molecular formula is C19H20N2O3. The lowest BCUT2D eigenvalue weighted by atomic mass is 9.88. The lowest BCUT2D eigenvalue weighted by Gasteiger charge is -2.31. The first-order valence-electron chi connectivity index (χ1n) is 8.06. The maximum absolute atomic E-state index is 12.6. The van der Waals surface area contributed by atoms with Crippen LogP contribution >= 0.6 is 0 Å². The number of amides is 1. The molecule has 1 aliphatic heterocycles. The van der Waals surface area contributed by atoms with E-state index in [9.17, 15) is 9.59 Å². The summed E-state index contributed by atoms with van der Waals surface area (Å²) in [5, 5.41) is 0. The predicted molar refractivity (Wildman–Crippen MR) is 90.2 cm³/mol. The SMILES string of the molecule is COc1ccc(C(=O)C2CCN(C(=O)c3cccnc3)CC2)cc1. The van der Waals surface area contributed by atoms with E-state index in [1.807, 2.05) is 0 Å². The van der Waals surface area contributed by atoms with Crippen molar-refractivity contribution in [2.75, 3.05) is 20.2 Å². The van der Waals surface area contributed by atoms with Gasteiger partial charge in [0, 0.05) is 37.0 Å². The molecule has 0 unspecified atom stereocenters. The first-order chi connectivity index (χ1) is 11.7. The van der Waals surface area contributed by atoms with Crippen LogP contribution in [0.2, 0.25) is 0 Å². The van der Waals surface area contributed by atoms with Crippen molar-refractivity contribution in [1.29, 1.82) is 0 Å². The van der Waals surface area contributed by atoms with E-state index in [1.165, 1.54) is 0 Å². The highest BCUT2D eigenvalue weighted by Gasteiger charge is 2.28. The Morgan fingerprint density at radius 1 is 1.08 bits per heavy atom. The minimum atomic E-state index is -0.0312. The molecule has 124 valence electrons. The summed E-state index contributed by atoms with van der Waals surface area (Å²) >= 11 is 0. The molecule has 0 aliphatic carbocycles. The fourth-order valence-corrected chi connectivity index (χ4v) is 3.01. The van der Waals surface area contributed by atoms with Crippen LogP contribution in [-0.4, -0.2) is 41.8 Å². The Balaban J connectivity index is 1.60. The van der Waals surface area contributed by atoms with E-state index in [0.29, 0.717) is 37.1 Å². The Kier molecular flexibility index (Phi) is 4.89. The van der Waals surface area contributed by atoms with E-state index < -0.39 is 0 Å². The van der Waals surface area contributed by atoms with Gasteiger partial charge in [0.25, 0.3) is 5.91 Å². The van der Waals surface area contributed by atoms with Crippen LogP contribution in [0.5, 0.6) is 5.75 Å². The molecule has 0 radical (unpaired) electrons. The Labute approximate surface area is 141 Å². The van der Waals surface area contributed by atoms with E-state index in [0.717, 1.165) is 5.75 Å². The predicted octanol–water partition coefficient (Wildman–Crippen LogP) is 2.83. The molecule has 2 aromatic rings. The van der Waals surface area contributed by atoms with E-state index in [-0.39, 0.29) is 17.6 Å². The zero-order valence-corrected chi connectivity index (χ0v) is 13.6. The second-order valence-electron chi connectivity index (χ2n) is 5.90. The van der Waals surface area contributed by atoms with Crippen LogP contribution in [0.25, 0.3) is 0 Å². The van der Waals surface area contributed by atoms with Gasteiger partial charge >= 0.3 is 0 Å². The Morgan fingerprint density at radius 3 is 2.38 bits per heavy atom. The largest absolute Gasteiger partial charge is 0.497 e. The Bertz CT molecular complexity index is 705. The summed E-state index contributed by atoms with van der Waals surface area (Å²) in [5.74, 6) is 0.837. The molecule has 5 heteroatoms. The Hall–Kier alpha value is -2.69. The lowest BCUT2D eigenvalue weighted by molar-refractivity contribution is 0.0650. The fraction of sp³-hybridized carbons (Fsp3) is 0.316. The molecule has 1 aliphatic rings. The molecule has 24 heavy (non-hydrogen) atoms. The van der Waals surface area contributed by atoms with Gasteiger partial charge in [0.05, 0.1) is 12.7 Å². The van der Waals surface area contributed by atoms with Gasteiger partial charge in [0.1, 0.15) is 5.75 Å². The summed E-state index contributed by atoms with van der Waals surface area (Å²) < 4.78 is 5.12. The first-order valence-corrected chi connectivity index (χ1v) is 8.06. The van der Waals surface area contributed by atoms with Crippen molar-refractivity contribution in [3.8, 4) is 5.75 Å². The third-order valence-electron chi connectivity index (χ3n) is 4.44. The Morgan fingerprint density at radius 2 is 1.79 bits per heavy atom. The van der Waals surface area contributed by atoms with Crippen molar-refractivity contribution in [2.45, 2.75) is 12.8 Å². The number of Topliss-reactive ketones (excluding diaryl/α,β-unsaturated/α-hetero) is 1. The van der Waals surface area contributed by atoms with Crippen molar-refractivity contribution in [2.24, 2.45) is 5.92 Å². The molecule has 1 saturated heterocycles. The number of hydrogen-bond acceptors (Lipinski definition) is 4. The summed E-state index contributed by atoms with van der Waals surface area (Å²) in [5.41, 5.74) is 1.30. The molecule has 0 bridgehead atoms. The van der Waals surface area contributed by atoms with Gasteiger partial charge in [-0.1, -0.05) is 0 Å². The molecule has 2 heterocycles. The van der Waals surface area contributed by atoms with Crippen molar-refractivity contribution in [3.05, 3.63) is 59.9 Å². The summed E-state index contributed by atoms with van der Waals surface area (Å²) in [4.78, 5) is 30.8. The normalized spacial score (nSPS) is 15.1. The molecule has 1 fully saturated rings. The highest BCUT2D eigenvalue weighted by atomic mass is 16.5. The highest BCUT2D eigenvalue weighted by Crippen LogP contribution is 2.24. The zero-order chi connectivity index (χ0) is 16.9. The number of ketones is 1. The standard InChI is InChI=1S/C19H20N2O3/c1-24-17-6-4-14(5-7-17)18(22)15-8-11-21(12-9-15)19(23)16-3-2-10-20-13-16/h2-7,10,13,15H,8-9,11-12H2,1H3. The highest BCUT2D eigenvalue weighted by molar-refractivity contribution is 5.98. The summed E-state index contributed by atoms with van der Waals surface area (Å²) in [6, 6.07) is 10.7. The van der Waals surface area contributed by atoms with Crippen LogP contribution in [-0.2, 0) is 0 Å². The second kappa shape index (κ2) is 7.25.